The maximum atomic E-state index is 12.4. The predicted molar refractivity (Wildman–Crippen MR) is 89.9 cm³/mol. The van der Waals surface area contributed by atoms with E-state index in [1.165, 1.54) is 0 Å². The summed E-state index contributed by atoms with van der Waals surface area (Å²) in [6.45, 7) is 10.8. The number of rotatable bonds is 5. The second-order valence-corrected chi connectivity index (χ2v) is 6.42. The molecule has 2 aromatic rings. The Morgan fingerprint density at radius 2 is 1.80 bits per heavy atom. The van der Waals surface area contributed by atoms with Crippen molar-refractivity contribution >= 4 is 11.7 Å². The lowest BCUT2D eigenvalue weighted by atomic mass is 10.2. The monoisotopic (exact) mass is 348 g/mol. The first-order chi connectivity index (χ1) is 11.9. The Labute approximate surface area is 146 Å². The number of aryl methyl sites for hydroxylation is 2. The van der Waals surface area contributed by atoms with Crippen molar-refractivity contribution in [3.63, 3.8) is 0 Å². The highest BCUT2D eigenvalue weighted by Crippen LogP contribution is 2.21. The number of aromatic nitrogens is 3. The van der Waals surface area contributed by atoms with Crippen LogP contribution in [-0.4, -0.2) is 63.2 Å². The molecule has 1 aliphatic heterocycles. The Balaban J connectivity index is 1.51. The van der Waals surface area contributed by atoms with Crippen LogP contribution >= 0.6 is 0 Å². The Hall–Kier alpha value is -2.26. The van der Waals surface area contributed by atoms with E-state index in [1.807, 2.05) is 13.8 Å². The molecular formula is C16H24N6O3. The lowest BCUT2D eigenvalue weighted by molar-refractivity contribution is -0.121. The number of nitrogens with one attached hydrogen (secondary N) is 1. The van der Waals surface area contributed by atoms with Crippen molar-refractivity contribution in [2.75, 3.05) is 31.5 Å². The van der Waals surface area contributed by atoms with Crippen molar-refractivity contribution in [1.82, 2.24) is 25.1 Å². The summed E-state index contributed by atoms with van der Waals surface area (Å²) >= 11 is 0. The minimum atomic E-state index is -0.236. The maximum absolute atomic E-state index is 12.4. The smallest absolute Gasteiger partial charge is 0.243 e. The highest BCUT2D eigenvalue weighted by Gasteiger charge is 2.29. The van der Waals surface area contributed by atoms with Crippen molar-refractivity contribution in [3.8, 4) is 0 Å². The SMILES string of the molecule is Cc1noc([C@@H](C)N2CCN([C@@H](C)C(=O)Nc3cc(C)on3)CC2)n1. The number of piperazine rings is 1. The summed E-state index contributed by atoms with van der Waals surface area (Å²) in [5.74, 6) is 2.32. The zero-order valence-corrected chi connectivity index (χ0v) is 15.0. The summed E-state index contributed by atoms with van der Waals surface area (Å²) in [6, 6.07) is 1.54. The van der Waals surface area contributed by atoms with Crippen LogP contribution in [0.25, 0.3) is 0 Å². The van der Waals surface area contributed by atoms with E-state index >= 15 is 0 Å². The summed E-state index contributed by atoms with van der Waals surface area (Å²) < 4.78 is 10.2. The van der Waals surface area contributed by atoms with Crippen LogP contribution in [0.1, 0.15) is 37.4 Å². The molecule has 1 saturated heterocycles. The average molecular weight is 348 g/mol. The number of amides is 1. The van der Waals surface area contributed by atoms with Gasteiger partial charge in [0.1, 0.15) is 5.76 Å². The third-order valence-corrected chi connectivity index (χ3v) is 4.60. The standard InChI is InChI=1S/C16H24N6O3/c1-10-9-14(20-24-10)18-15(23)11(2)21-5-7-22(8-6-21)12(3)16-17-13(4)19-25-16/h9,11-12H,5-8H2,1-4H3,(H,18,20,23)/t11-,12+/m0/s1. The number of anilines is 1. The molecule has 0 aromatic carbocycles. The molecule has 1 fully saturated rings. The second kappa shape index (κ2) is 7.32. The van der Waals surface area contributed by atoms with Crippen molar-refractivity contribution in [2.45, 2.75) is 39.8 Å². The normalized spacial score (nSPS) is 18.9. The van der Waals surface area contributed by atoms with E-state index in [0.717, 1.165) is 26.2 Å². The molecule has 0 radical (unpaired) electrons. The van der Waals surface area contributed by atoms with Gasteiger partial charge in [-0.15, -0.1) is 0 Å². The first kappa shape index (κ1) is 17.6. The summed E-state index contributed by atoms with van der Waals surface area (Å²) in [7, 11) is 0. The first-order valence-corrected chi connectivity index (χ1v) is 8.46. The topological polar surface area (TPSA) is 101 Å². The maximum Gasteiger partial charge on any atom is 0.243 e. The molecular weight excluding hydrogens is 324 g/mol. The fourth-order valence-electron chi connectivity index (χ4n) is 2.97. The average Bonchev–Trinajstić information content (AvgIpc) is 3.22. The van der Waals surface area contributed by atoms with Gasteiger partial charge < -0.3 is 14.4 Å². The zero-order valence-electron chi connectivity index (χ0n) is 15.0. The Morgan fingerprint density at radius 1 is 1.12 bits per heavy atom. The molecule has 0 unspecified atom stereocenters. The van der Waals surface area contributed by atoms with Gasteiger partial charge in [0.15, 0.2) is 11.6 Å². The minimum Gasteiger partial charge on any atom is -0.360 e. The van der Waals surface area contributed by atoms with E-state index < -0.39 is 0 Å². The molecule has 0 aliphatic carbocycles. The van der Waals surface area contributed by atoms with E-state index in [1.54, 1.807) is 13.0 Å². The van der Waals surface area contributed by atoms with Crippen molar-refractivity contribution in [3.05, 3.63) is 23.5 Å². The molecule has 9 heteroatoms. The van der Waals surface area contributed by atoms with Gasteiger partial charge in [0.05, 0.1) is 12.1 Å². The Morgan fingerprint density at radius 3 is 2.36 bits per heavy atom. The number of carbonyl (C=O) groups excluding carboxylic acids is 1. The molecule has 1 amide bonds. The molecule has 1 N–H and O–H groups in total. The van der Waals surface area contributed by atoms with E-state index in [0.29, 0.717) is 23.3 Å². The molecule has 136 valence electrons. The molecule has 0 saturated carbocycles. The van der Waals surface area contributed by atoms with Gasteiger partial charge in [-0.05, 0) is 27.7 Å². The minimum absolute atomic E-state index is 0.0746. The molecule has 3 rings (SSSR count). The lowest BCUT2D eigenvalue weighted by Crippen LogP contribution is -2.53. The largest absolute Gasteiger partial charge is 0.360 e. The van der Waals surface area contributed by atoms with E-state index in [-0.39, 0.29) is 18.0 Å². The van der Waals surface area contributed by atoms with Crippen LogP contribution in [0.2, 0.25) is 0 Å². The summed E-state index contributed by atoms with van der Waals surface area (Å²) in [6.07, 6.45) is 0. The molecule has 1 aliphatic rings. The molecule has 3 heterocycles. The summed E-state index contributed by atoms with van der Waals surface area (Å²) in [4.78, 5) is 21.1. The molecule has 2 atom stereocenters. The zero-order chi connectivity index (χ0) is 18.0. The molecule has 25 heavy (non-hydrogen) atoms. The number of hydrogen-bond acceptors (Lipinski definition) is 8. The first-order valence-electron chi connectivity index (χ1n) is 8.46. The van der Waals surface area contributed by atoms with Gasteiger partial charge in [0.25, 0.3) is 0 Å². The molecule has 0 bridgehead atoms. The van der Waals surface area contributed by atoms with Crippen LogP contribution in [0, 0.1) is 13.8 Å². The highest BCUT2D eigenvalue weighted by atomic mass is 16.5. The fraction of sp³-hybridized carbons (Fsp3) is 0.625. The van der Waals surface area contributed by atoms with Crippen LogP contribution in [0.5, 0.6) is 0 Å². The second-order valence-electron chi connectivity index (χ2n) is 6.42. The van der Waals surface area contributed by atoms with E-state index in [9.17, 15) is 4.79 Å². The van der Waals surface area contributed by atoms with Crippen molar-refractivity contribution in [2.24, 2.45) is 0 Å². The van der Waals surface area contributed by atoms with E-state index in [4.69, 9.17) is 9.05 Å². The fourth-order valence-corrected chi connectivity index (χ4v) is 2.97. The van der Waals surface area contributed by atoms with Crippen LogP contribution in [0.3, 0.4) is 0 Å². The van der Waals surface area contributed by atoms with Gasteiger partial charge in [-0.2, -0.15) is 4.98 Å². The van der Waals surface area contributed by atoms with Crippen LogP contribution in [0.4, 0.5) is 5.82 Å². The molecule has 0 spiro atoms. The molecule has 2 aromatic heterocycles. The highest BCUT2D eigenvalue weighted by molar-refractivity contribution is 5.93. The van der Waals surface area contributed by atoms with Gasteiger partial charge in [0, 0.05) is 32.2 Å². The Kier molecular flexibility index (Phi) is 5.14. The lowest BCUT2D eigenvalue weighted by Gasteiger charge is -2.38. The summed E-state index contributed by atoms with van der Waals surface area (Å²) in [5, 5.41) is 10.4. The quantitative estimate of drug-likeness (QED) is 0.865. The molecule has 9 nitrogen and oxygen atoms in total. The van der Waals surface area contributed by atoms with Gasteiger partial charge in [-0.25, -0.2) is 0 Å². The summed E-state index contributed by atoms with van der Waals surface area (Å²) in [5.41, 5.74) is 0. The van der Waals surface area contributed by atoms with Crippen molar-refractivity contribution < 1.29 is 13.8 Å². The van der Waals surface area contributed by atoms with Crippen molar-refractivity contribution in [1.29, 1.82) is 0 Å². The van der Waals surface area contributed by atoms with Gasteiger partial charge >= 0.3 is 0 Å². The third-order valence-electron chi connectivity index (χ3n) is 4.60. The van der Waals surface area contributed by atoms with Crippen LogP contribution in [-0.2, 0) is 4.79 Å². The van der Waals surface area contributed by atoms with Gasteiger partial charge in [-0.3, -0.25) is 14.6 Å². The predicted octanol–water partition coefficient (Wildman–Crippen LogP) is 1.38. The third kappa shape index (κ3) is 4.05. The van der Waals surface area contributed by atoms with Gasteiger partial charge in [-0.1, -0.05) is 10.3 Å². The number of carbonyl (C=O) groups is 1. The van der Waals surface area contributed by atoms with Crippen LogP contribution in [0.15, 0.2) is 15.1 Å². The number of hydrogen-bond donors (Lipinski definition) is 1. The van der Waals surface area contributed by atoms with Crippen LogP contribution < -0.4 is 5.32 Å². The van der Waals surface area contributed by atoms with Gasteiger partial charge in [0.2, 0.25) is 11.8 Å². The Bertz CT molecular complexity index is 719. The number of nitrogens with zero attached hydrogens (tertiary/aromatic N) is 5. The van der Waals surface area contributed by atoms with E-state index in [2.05, 4.69) is 37.3 Å².